The van der Waals surface area contributed by atoms with Crippen LogP contribution in [0.1, 0.15) is 5.56 Å². The zero-order valence-electron chi connectivity index (χ0n) is 8.91. The lowest BCUT2D eigenvalue weighted by Gasteiger charge is -2.14. The maximum Gasteiger partial charge on any atom is 0.254 e. The molecule has 1 N–H and O–H groups in total. The van der Waals surface area contributed by atoms with E-state index in [0.717, 1.165) is 16.5 Å². The second-order valence-corrected chi connectivity index (χ2v) is 3.73. The van der Waals surface area contributed by atoms with E-state index in [1.165, 1.54) is 0 Å². The monoisotopic (exact) mass is 225 g/mol. The van der Waals surface area contributed by atoms with E-state index in [0.29, 0.717) is 6.42 Å². The maximum atomic E-state index is 12.6. The van der Waals surface area contributed by atoms with Gasteiger partial charge in [0.15, 0.2) is 0 Å². The van der Waals surface area contributed by atoms with Gasteiger partial charge in [0.05, 0.1) is 12.3 Å². The van der Waals surface area contributed by atoms with Gasteiger partial charge in [0.1, 0.15) is 5.58 Å². The number of alkyl halides is 2. The zero-order chi connectivity index (χ0) is 11.5. The molecule has 1 aromatic carbocycles. The Bertz CT molecular complexity index is 467. The fourth-order valence-corrected chi connectivity index (χ4v) is 1.70. The fourth-order valence-electron chi connectivity index (χ4n) is 1.70. The molecule has 0 spiro atoms. The predicted octanol–water partition coefficient (Wildman–Crippen LogP) is 2.83. The lowest BCUT2D eigenvalue weighted by atomic mass is 10.1. The molecule has 1 unspecified atom stereocenters. The van der Waals surface area contributed by atoms with Crippen molar-refractivity contribution in [3.05, 3.63) is 36.1 Å². The Balaban J connectivity index is 2.19. The number of benzene rings is 1. The summed E-state index contributed by atoms with van der Waals surface area (Å²) in [7, 11) is 1.54. The van der Waals surface area contributed by atoms with Gasteiger partial charge >= 0.3 is 0 Å². The van der Waals surface area contributed by atoms with Gasteiger partial charge in [0.2, 0.25) is 0 Å². The molecule has 0 aliphatic rings. The number of fused-ring (bicyclic) bond motifs is 1. The van der Waals surface area contributed by atoms with E-state index < -0.39 is 12.5 Å². The topological polar surface area (TPSA) is 25.2 Å². The highest BCUT2D eigenvalue weighted by Gasteiger charge is 2.18. The van der Waals surface area contributed by atoms with Crippen LogP contribution in [-0.4, -0.2) is 19.5 Å². The molecule has 0 saturated heterocycles. The van der Waals surface area contributed by atoms with Crippen LogP contribution < -0.4 is 5.32 Å². The smallest absolute Gasteiger partial charge is 0.254 e. The van der Waals surface area contributed by atoms with Gasteiger partial charge in [-0.15, -0.1) is 0 Å². The molecule has 0 saturated carbocycles. The summed E-state index contributed by atoms with van der Waals surface area (Å²) in [6.45, 7) is 0. The minimum Gasteiger partial charge on any atom is -0.464 e. The molecule has 16 heavy (non-hydrogen) atoms. The average molecular weight is 225 g/mol. The highest BCUT2D eigenvalue weighted by atomic mass is 19.3. The summed E-state index contributed by atoms with van der Waals surface area (Å²) < 4.78 is 30.3. The normalized spacial score (nSPS) is 13.5. The van der Waals surface area contributed by atoms with Crippen molar-refractivity contribution in [1.29, 1.82) is 0 Å². The van der Waals surface area contributed by atoms with Crippen molar-refractivity contribution in [3.63, 3.8) is 0 Å². The van der Waals surface area contributed by atoms with Crippen molar-refractivity contribution in [2.75, 3.05) is 7.05 Å². The zero-order valence-corrected chi connectivity index (χ0v) is 8.91. The molecule has 1 atom stereocenters. The first kappa shape index (κ1) is 11.1. The van der Waals surface area contributed by atoms with Gasteiger partial charge < -0.3 is 9.73 Å². The van der Waals surface area contributed by atoms with Gasteiger partial charge in [-0.25, -0.2) is 8.78 Å². The predicted molar refractivity (Wildman–Crippen MR) is 58.8 cm³/mol. The first-order chi connectivity index (χ1) is 7.70. The van der Waals surface area contributed by atoms with E-state index in [1.807, 2.05) is 24.3 Å². The number of likely N-dealkylation sites (N-methyl/N-ethyl adjacent to an activating group) is 1. The SMILES string of the molecule is CNC(Cc1ccc2ccoc2c1)C(F)F. The summed E-state index contributed by atoms with van der Waals surface area (Å²) in [6.07, 6.45) is -0.473. The molecule has 2 rings (SSSR count). The van der Waals surface area contributed by atoms with Crippen LogP contribution in [0.25, 0.3) is 11.0 Å². The molecule has 1 aromatic heterocycles. The summed E-state index contributed by atoms with van der Waals surface area (Å²) in [5, 5.41) is 3.60. The molecule has 0 aliphatic carbocycles. The molecule has 86 valence electrons. The molecule has 2 nitrogen and oxygen atoms in total. The van der Waals surface area contributed by atoms with Crippen LogP contribution in [-0.2, 0) is 6.42 Å². The Morgan fingerprint density at radius 1 is 1.31 bits per heavy atom. The highest BCUT2D eigenvalue weighted by molar-refractivity contribution is 5.77. The van der Waals surface area contributed by atoms with Crippen molar-refractivity contribution < 1.29 is 13.2 Å². The summed E-state index contributed by atoms with van der Waals surface area (Å²) in [6, 6.07) is 6.58. The number of hydrogen-bond donors (Lipinski definition) is 1. The summed E-state index contributed by atoms with van der Waals surface area (Å²) >= 11 is 0. The number of rotatable bonds is 4. The average Bonchev–Trinajstić information content (AvgIpc) is 2.72. The van der Waals surface area contributed by atoms with Gasteiger partial charge in [-0.1, -0.05) is 12.1 Å². The van der Waals surface area contributed by atoms with Crippen molar-refractivity contribution in [1.82, 2.24) is 5.32 Å². The van der Waals surface area contributed by atoms with Crippen molar-refractivity contribution >= 4 is 11.0 Å². The summed E-state index contributed by atoms with van der Waals surface area (Å²) in [5.41, 5.74) is 1.59. The number of nitrogens with one attached hydrogen (secondary N) is 1. The highest BCUT2D eigenvalue weighted by Crippen LogP contribution is 2.18. The van der Waals surface area contributed by atoms with Gasteiger partial charge in [-0.3, -0.25) is 0 Å². The third-order valence-electron chi connectivity index (χ3n) is 2.65. The molecule has 4 heteroatoms. The van der Waals surface area contributed by atoms with Crippen LogP contribution in [0.4, 0.5) is 8.78 Å². The maximum absolute atomic E-state index is 12.6. The largest absolute Gasteiger partial charge is 0.464 e. The molecule has 2 aromatic rings. The van der Waals surface area contributed by atoms with E-state index in [4.69, 9.17) is 4.42 Å². The van der Waals surface area contributed by atoms with Gasteiger partial charge in [-0.2, -0.15) is 0 Å². The Morgan fingerprint density at radius 3 is 2.81 bits per heavy atom. The third kappa shape index (κ3) is 2.22. The molecule has 0 aliphatic heterocycles. The van der Waals surface area contributed by atoms with Gasteiger partial charge in [0, 0.05) is 5.39 Å². The number of hydrogen-bond acceptors (Lipinski definition) is 2. The Labute approximate surface area is 92.2 Å². The molecule has 0 radical (unpaired) electrons. The van der Waals surface area contributed by atoms with E-state index in [-0.39, 0.29) is 0 Å². The second kappa shape index (κ2) is 4.61. The third-order valence-corrected chi connectivity index (χ3v) is 2.65. The first-order valence-corrected chi connectivity index (χ1v) is 5.12. The Kier molecular flexibility index (Phi) is 3.19. The van der Waals surface area contributed by atoms with E-state index in [9.17, 15) is 8.78 Å². The quantitative estimate of drug-likeness (QED) is 0.865. The minimum absolute atomic E-state index is 0.296. The van der Waals surface area contributed by atoms with Crippen LogP contribution in [0.3, 0.4) is 0 Å². The second-order valence-electron chi connectivity index (χ2n) is 3.73. The van der Waals surface area contributed by atoms with Crippen LogP contribution in [0.5, 0.6) is 0 Å². The van der Waals surface area contributed by atoms with Crippen LogP contribution in [0.2, 0.25) is 0 Å². The lowest BCUT2D eigenvalue weighted by molar-refractivity contribution is 0.102. The molecular weight excluding hydrogens is 212 g/mol. The number of furan rings is 1. The Hall–Kier alpha value is -1.42. The minimum atomic E-state index is -2.36. The van der Waals surface area contributed by atoms with Crippen molar-refractivity contribution in [2.24, 2.45) is 0 Å². The van der Waals surface area contributed by atoms with Crippen molar-refractivity contribution in [3.8, 4) is 0 Å². The summed E-state index contributed by atoms with van der Waals surface area (Å²) in [5.74, 6) is 0. The summed E-state index contributed by atoms with van der Waals surface area (Å²) in [4.78, 5) is 0. The van der Waals surface area contributed by atoms with Crippen molar-refractivity contribution in [2.45, 2.75) is 18.9 Å². The molecular formula is C12H13F2NO. The molecule has 0 bridgehead atoms. The van der Waals surface area contributed by atoms with E-state index >= 15 is 0 Å². The standard InChI is InChI=1S/C12H13F2NO/c1-15-10(12(13)14)6-8-2-3-9-4-5-16-11(9)7-8/h2-5,7,10,12,15H,6H2,1H3. The Morgan fingerprint density at radius 2 is 2.12 bits per heavy atom. The van der Waals surface area contributed by atoms with E-state index in [1.54, 1.807) is 13.3 Å². The molecule has 0 fully saturated rings. The molecule has 0 amide bonds. The first-order valence-electron chi connectivity index (χ1n) is 5.12. The van der Waals surface area contributed by atoms with E-state index in [2.05, 4.69) is 5.32 Å². The van der Waals surface area contributed by atoms with Crippen LogP contribution in [0.15, 0.2) is 34.9 Å². The van der Waals surface area contributed by atoms with Gasteiger partial charge in [-0.05, 0) is 31.2 Å². The fraction of sp³-hybridized carbons (Fsp3) is 0.333. The van der Waals surface area contributed by atoms with Crippen LogP contribution >= 0.6 is 0 Å². The lowest BCUT2D eigenvalue weighted by Crippen LogP contribution is -2.34. The van der Waals surface area contributed by atoms with Crippen LogP contribution in [0, 0.1) is 0 Å². The number of halogens is 2. The molecule has 1 heterocycles. The van der Waals surface area contributed by atoms with Gasteiger partial charge in [0.25, 0.3) is 6.43 Å².